The predicted octanol–water partition coefficient (Wildman–Crippen LogP) is 2.33. The van der Waals surface area contributed by atoms with E-state index < -0.39 is 0 Å². The van der Waals surface area contributed by atoms with Gasteiger partial charge in [-0.25, -0.2) is 0 Å². The largest absolute Gasteiger partial charge is 0.497 e. The van der Waals surface area contributed by atoms with Crippen LogP contribution in [0.25, 0.3) is 0 Å². The molecule has 0 radical (unpaired) electrons. The van der Waals surface area contributed by atoms with E-state index >= 15 is 0 Å². The lowest BCUT2D eigenvalue weighted by Crippen LogP contribution is -2.34. The Morgan fingerprint density at radius 2 is 2.00 bits per heavy atom. The van der Waals surface area contributed by atoms with Gasteiger partial charge in [-0.05, 0) is 25.2 Å². The Labute approximate surface area is 147 Å². The molecule has 136 valence electrons. The minimum atomic E-state index is -0.247. The number of hydrogen-bond acceptors (Lipinski definition) is 6. The quantitative estimate of drug-likeness (QED) is 0.711. The molecule has 1 heterocycles. The van der Waals surface area contributed by atoms with E-state index in [0.29, 0.717) is 23.8 Å². The van der Waals surface area contributed by atoms with Crippen LogP contribution in [0.4, 0.5) is 0 Å². The second-order valence-electron chi connectivity index (χ2n) is 5.43. The molecule has 25 heavy (non-hydrogen) atoms. The second kappa shape index (κ2) is 9.68. The van der Waals surface area contributed by atoms with Crippen LogP contribution in [0.2, 0.25) is 0 Å². The number of carbonyl (C=O) groups excluding carboxylic acids is 1. The van der Waals surface area contributed by atoms with Crippen LogP contribution in [0.1, 0.15) is 30.1 Å². The van der Waals surface area contributed by atoms with Crippen molar-refractivity contribution in [3.05, 3.63) is 41.8 Å². The summed E-state index contributed by atoms with van der Waals surface area (Å²) in [6.07, 6.45) is 0. The van der Waals surface area contributed by atoms with E-state index in [2.05, 4.69) is 29.2 Å². The molecular formula is C18H25N3O4. The summed E-state index contributed by atoms with van der Waals surface area (Å²) in [5, 5.41) is 6.63. The summed E-state index contributed by atoms with van der Waals surface area (Å²) in [4.78, 5) is 14.3. The highest BCUT2D eigenvalue weighted by Crippen LogP contribution is 2.20. The molecule has 0 atom stereocenters. The minimum absolute atomic E-state index is 0.187. The number of nitrogens with zero attached hydrogens (tertiary/aromatic N) is 2. The van der Waals surface area contributed by atoms with Gasteiger partial charge in [0.05, 0.1) is 7.11 Å². The maximum absolute atomic E-state index is 12.1. The summed E-state index contributed by atoms with van der Waals surface area (Å²) in [7, 11) is 1.60. The molecule has 1 N–H and O–H groups in total. The van der Waals surface area contributed by atoms with Gasteiger partial charge in [-0.2, -0.15) is 0 Å². The number of methoxy groups -OCH3 is 1. The van der Waals surface area contributed by atoms with Gasteiger partial charge in [0.15, 0.2) is 11.5 Å². The van der Waals surface area contributed by atoms with E-state index in [1.165, 1.54) is 0 Å². The van der Waals surface area contributed by atoms with Gasteiger partial charge in [0.1, 0.15) is 18.1 Å². The number of ether oxygens (including phenoxy) is 2. The first-order valence-corrected chi connectivity index (χ1v) is 8.39. The fourth-order valence-electron chi connectivity index (χ4n) is 2.29. The summed E-state index contributed by atoms with van der Waals surface area (Å²) in [6, 6.07) is 8.86. The molecule has 2 rings (SSSR count). The van der Waals surface area contributed by atoms with Crippen LogP contribution >= 0.6 is 0 Å². The van der Waals surface area contributed by atoms with Crippen molar-refractivity contribution < 1.29 is 18.8 Å². The molecule has 7 heteroatoms. The van der Waals surface area contributed by atoms with Crippen LogP contribution < -0.4 is 14.8 Å². The third kappa shape index (κ3) is 5.79. The molecule has 1 amide bonds. The highest BCUT2D eigenvalue weighted by molar-refractivity contribution is 5.92. The fraction of sp³-hybridized carbons (Fsp3) is 0.444. The number of amides is 1. The van der Waals surface area contributed by atoms with Crippen LogP contribution in [-0.2, 0) is 6.61 Å². The van der Waals surface area contributed by atoms with Gasteiger partial charge in [0, 0.05) is 25.2 Å². The Morgan fingerprint density at radius 3 is 2.72 bits per heavy atom. The SMILES string of the molecule is CCN(CC)CCNC(=O)c1cc(COc2cccc(OC)c2)on1. The summed E-state index contributed by atoms with van der Waals surface area (Å²) < 4.78 is 15.9. The van der Waals surface area contributed by atoms with Crippen molar-refractivity contribution in [3.8, 4) is 11.5 Å². The highest BCUT2D eigenvalue weighted by atomic mass is 16.5. The second-order valence-corrected chi connectivity index (χ2v) is 5.43. The number of carbonyl (C=O) groups is 1. The van der Waals surface area contributed by atoms with E-state index in [4.69, 9.17) is 14.0 Å². The van der Waals surface area contributed by atoms with Crippen LogP contribution in [0.5, 0.6) is 11.5 Å². The monoisotopic (exact) mass is 347 g/mol. The molecule has 0 aliphatic rings. The van der Waals surface area contributed by atoms with E-state index in [1.807, 2.05) is 18.2 Å². The minimum Gasteiger partial charge on any atom is -0.497 e. The van der Waals surface area contributed by atoms with Crippen molar-refractivity contribution in [2.75, 3.05) is 33.3 Å². The van der Waals surface area contributed by atoms with E-state index in [1.54, 1.807) is 19.2 Å². The van der Waals surface area contributed by atoms with Crippen LogP contribution in [-0.4, -0.2) is 49.3 Å². The van der Waals surface area contributed by atoms with Crippen molar-refractivity contribution in [2.45, 2.75) is 20.5 Å². The zero-order chi connectivity index (χ0) is 18.1. The molecule has 0 bridgehead atoms. The van der Waals surface area contributed by atoms with Crippen LogP contribution in [0, 0.1) is 0 Å². The first-order valence-electron chi connectivity index (χ1n) is 8.39. The topological polar surface area (TPSA) is 76.8 Å². The summed E-state index contributed by atoms with van der Waals surface area (Å²) in [5.74, 6) is 1.60. The number of aromatic nitrogens is 1. The Balaban J connectivity index is 1.81. The number of nitrogens with one attached hydrogen (secondary N) is 1. The molecule has 2 aromatic rings. The molecule has 1 aromatic carbocycles. The number of rotatable bonds is 10. The molecule has 0 unspecified atom stereocenters. The maximum atomic E-state index is 12.1. The molecule has 0 aliphatic carbocycles. The Bertz CT molecular complexity index is 668. The van der Waals surface area contributed by atoms with Gasteiger partial charge >= 0.3 is 0 Å². The van der Waals surface area contributed by atoms with E-state index in [-0.39, 0.29) is 18.2 Å². The maximum Gasteiger partial charge on any atom is 0.273 e. The lowest BCUT2D eigenvalue weighted by Gasteiger charge is -2.17. The Morgan fingerprint density at radius 1 is 1.24 bits per heavy atom. The standard InChI is InChI=1S/C18H25N3O4/c1-4-21(5-2)10-9-19-18(22)17-12-16(25-20-17)13-24-15-8-6-7-14(11-15)23-3/h6-8,11-12H,4-5,9-10,13H2,1-3H3,(H,19,22). The molecular weight excluding hydrogens is 322 g/mol. The molecule has 7 nitrogen and oxygen atoms in total. The third-order valence-corrected chi connectivity index (χ3v) is 3.82. The number of benzene rings is 1. The molecule has 1 aromatic heterocycles. The molecule has 0 aliphatic heterocycles. The van der Waals surface area contributed by atoms with E-state index in [0.717, 1.165) is 19.6 Å². The van der Waals surface area contributed by atoms with Gasteiger partial charge in [-0.3, -0.25) is 4.79 Å². The van der Waals surface area contributed by atoms with Crippen molar-refractivity contribution in [1.29, 1.82) is 0 Å². The summed E-state index contributed by atoms with van der Waals surface area (Å²) in [5.41, 5.74) is 0.254. The summed E-state index contributed by atoms with van der Waals surface area (Å²) >= 11 is 0. The first kappa shape index (κ1) is 18.8. The molecule has 0 saturated heterocycles. The third-order valence-electron chi connectivity index (χ3n) is 3.82. The van der Waals surface area contributed by atoms with Crippen LogP contribution in [0.3, 0.4) is 0 Å². The average molecular weight is 347 g/mol. The van der Waals surface area contributed by atoms with Gasteiger partial charge < -0.3 is 24.2 Å². The van der Waals surface area contributed by atoms with Crippen molar-refractivity contribution in [3.63, 3.8) is 0 Å². The number of hydrogen-bond donors (Lipinski definition) is 1. The smallest absolute Gasteiger partial charge is 0.273 e. The molecule has 0 spiro atoms. The van der Waals surface area contributed by atoms with Crippen molar-refractivity contribution >= 4 is 5.91 Å². The van der Waals surface area contributed by atoms with Crippen molar-refractivity contribution in [2.24, 2.45) is 0 Å². The molecule has 0 fully saturated rings. The fourth-order valence-corrected chi connectivity index (χ4v) is 2.29. The normalized spacial score (nSPS) is 10.7. The average Bonchev–Trinajstić information content (AvgIpc) is 3.13. The van der Waals surface area contributed by atoms with Gasteiger partial charge in [-0.15, -0.1) is 0 Å². The van der Waals surface area contributed by atoms with Gasteiger partial charge in [0.2, 0.25) is 0 Å². The number of likely N-dealkylation sites (N-methyl/N-ethyl adjacent to an activating group) is 1. The summed E-state index contributed by atoms with van der Waals surface area (Å²) in [6.45, 7) is 7.68. The first-order chi connectivity index (χ1) is 12.2. The lowest BCUT2D eigenvalue weighted by atomic mass is 10.3. The van der Waals surface area contributed by atoms with Crippen LogP contribution in [0.15, 0.2) is 34.9 Å². The zero-order valence-corrected chi connectivity index (χ0v) is 14.9. The van der Waals surface area contributed by atoms with Gasteiger partial charge in [0.25, 0.3) is 5.91 Å². The van der Waals surface area contributed by atoms with Crippen molar-refractivity contribution in [1.82, 2.24) is 15.4 Å². The highest BCUT2D eigenvalue weighted by Gasteiger charge is 2.13. The Kier molecular flexibility index (Phi) is 7.28. The molecule has 0 saturated carbocycles. The van der Waals surface area contributed by atoms with Gasteiger partial charge in [-0.1, -0.05) is 25.1 Å². The van der Waals surface area contributed by atoms with E-state index in [9.17, 15) is 4.79 Å². The Hall–Kier alpha value is -2.54. The predicted molar refractivity (Wildman–Crippen MR) is 94.0 cm³/mol. The lowest BCUT2D eigenvalue weighted by molar-refractivity contribution is 0.0939. The zero-order valence-electron chi connectivity index (χ0n) is 14.9.